The van der Waals surface area contributed by atoms with Gasteiger partial charge in [-0.3, -0.25) is 0 Å². The first kappa shape index (κ1) is 15.5. The van der Waals surface area contributed by atoms with E-state index in [-0.39, 0.29) is 18.7 Å². The maximum atomic E-state index is 12.3. The number of esters is 1. The maximum absolute atomic E-state index is 12.3. The van der Waals surface area contributed by atoms with Gasteiger partial charge in [-0.15, -0.1) is 0 Å². The van der Waals surface area contributed by atoms with Crippen LogP contribution in [0.2, 0.25) is 0 Å². The zero-order valence-electron chi connectivity index (χ0n) is 13.2. The van der Waals surface area contributed by atoms with E-state index in [2.05, 4.69) is 6.92 Å². The molecule has 1 unspecified atom stereocenters. The molecule has 0 amide bonds. The van der Waals surface area contributed by atoms with Gasteiger partial charge in [0.1, 0.15) is 0 Å². The van der Waals surface area contributed by atoms with E-state index in [1.807, 2.05) is 54.6 Å². The summed E-state index contributed by atoms with van der Waals surface area (Å²) in [4.78, 5) is 12.3. The molecular weight excluding hydrogens is 288 g/mol. The van der Waals surface area contributed by atoms with E-state index in [0.29, 0.717) is 6.42 Å². The lowest BCUT2D eigenvalue weighted by molar-refractivity contribution is -0.139. The van der Waals surface area contributed by atoms with Crippen molar-refractivity contribution in [2.45, 2.75) is 32.5 Å². The Morgan fingerprint density at radius 3 is 2.35 bits per heavy atom. The standard InChI is InChI=1S/C20H20O3/c1-2-6-17-18(15-11-9-14(13-21)10-12-15)19(23-20(17)22)16-7-4-3-5-8-16/h3-5,7-12,19,21H,2,6,13H2,1H3. The molecule has 3 rings (SSSR count). The molecule has 1 aliphatic heterocycles. The van der Waals surface area contributed by atoms with Gasteiger partial charge in [-0.1, -0.05) is 67.9 Å². The van der Waals surface area contributed by atoms with Crippen molar-refractivity contribution >= 4 is 11.5 Å². The van der Waals surface area contributed by atoms with Crippen LogP contribution in [0.25, 0.3) is 5.57 Å². The zero-order chi connectivity index (χ0) is 16.2. The van der Waals surface area contributed by atoms with Crippen LogP contribution in [0.15, 0.2) is 60.2 Å². The van der Waals surface area contributed by atoms with Crippen molar-refractivity contribution in [3.63, 3.8) is 0 Å². The van der Waals surface area contributed by atoms with Crippen molar-refractivity contribution in [1.82, 2.24) is 0 Å². The molecule has 2 aromatic rings. The summed E-state index contributed by atoms with van der Waals surface area (Å²) in [6.07, 6.45) is 1.24. The molecular formula is C20H20O3. The maximum Gasteiger partial charge on any atom is 0.335 e. The topological polar surface area (TPSA) is 46.5 Å². The second-order valence-electron chi connectivity index (χ2n) is 5.69. The molecule has 0 saturated carbocycles. The van der Waals surface area contributed by atoms with Crippen LogP contribution >= 0.6 is 0 Å². The van der Waals surface area contributed by atoms with Gasteiger partial charge in [0, 0.05) is 11.1 Å². The molecule has 0 radical (unpaired) electrons. The molecule has 23 heavy (non-hydrogen) atoms. The fourth-order valence-corrected chi connectivity index (χ4v) is 2.97. The van der Waals surface area contributed by atoms with Gasteiger partial charge in [-0.2, -0.15) is 0 Å². The largest absolute Gasteiger partial charge is 0.449 e. The Balaban J connectivity index is 2.08. The lowest BCUT2D eigenvalue weighted by Gasteiger charge is -2.15. The van der Waals surface area contributed by atoms with Gasteiger partial charge in [-0.25, -0.2) is 4.79 Å². The van der Waals surface area contributed by atoms with Crippen molar-refractivity contribution in [3.05, 3.63) is 76.9 Å². The third-order valence-electron chi connectivity index (χ3n) is 4.11. The number of hydrogen-bond acceptors (Lipinski definition) is 3. The van der Waals surface area contributed by atoms with Crippen LogP contribution in [0.5, 0.6) is 0 Å². The molecule has 1 atom stereocenters. The van der Waals surface area contributed by atoms with Crippen molar-refractivity contribution in [2.24, 2.45) is 0 Å². The average Bonchev–Trinajstić information content (AvgIpc) is 2.93. The molecule has 1 heterocycles. The minimum Gasteiger partial charge on any atom is -0.449 e. The molecule has 0 saturated heterocycles. The van der Waals surface area contributed by atoms with E-state index in [1.165, 1.54) is 0 Å². The third kappa shape index (κ3) is 3.06. The zero-order valence-corrected chi connectivity index (χ0v) is 13.2. The number of hydrogen-bond donors (Lipinski definition) is 1. The predicted octanol–water partition coefficient (Wildman–Crippen LogP) is 4.03. The van der Waals surface area contributed by atoms with E-state index in [4.69, 9.17) is 4.74 Å². The van der Waals surface area contributed by atoms with Crippen molar-refractivity contribution in [1.29, 1.82) is 0 Å². The van der Waals surface area contributed by atoms with Crippen LogP contribution in [-0.4, -0.2) is 11.1 Å². The molecule has 0 bridgehead atoms. The Morgan fingerprint density at radius 2 is 1.74 bits per heavy atom. The Morgan fingerprint density at radius 1 is 1.04 bits per heavy atom. The summed E-state index contributed by atoms with van der Waals surface area (Å²) in [5.41, 5.74) is 4.53. The molecule has 1 N–H and O–H groups in total. The highest BCUT2D eigenvalue weighted by molar-refractivity contribution is 6.03. The highest BCUT2D eigenvalue weighted by Gasteiger charge is 2.35. The van der Waals surface area contributed by atoms with Crippen LogP contribution in [0.3, 0.4) is 0 Å². The molecule has 0 spiro atoms. The number of aliphatic hydroxyl groups excluding tert-OH is 1. The lowest BCUT2D eigenvalue weighted by Crippen LogP contribution is -2.03. The second kappa shape index (κ2) is 6.80. The first-order chi connectivity index (χ1) is 11.2. The van der Waals surface area contributed by atoms with Crippen molar-refractivity contribution < 1.29 is 14.6 Å². The smallest absolute Gasteiger partial charge is 0.335 e. The van der Waals surface area contributed by atoms with E-state index in [9.17, 15) is 9.90 Å². The van der Waals surface area contributed by atoms with Gasteiger partial charge < -0.3 is 9.84 Å². The Labute approximate surface area is 136 Å². The number of benzene rings is 2. The highest BCUT2D eigenvalue weighted by Crippen LogP contribution is 2.42. The fourth-order valence-electron chi connectivity index (χ4n) is 2.97. The first-order valence-electron chi connectivity index (χ1n) is 7.93. The van der Waals surface area contributed by atoms with Crippen LogP contribution in [0.1, 0.15) is 42.6 Å². The summed E-state index contributed by atoms with van der Waals surface area (Å²) in [6, 6.07) is 17.5. The predicted molar refractivity (Wildman–Crippen MR) is 89.5 cm³/mol. The summed E-state index contributed by atoms with van der Waals surface area (Å²) in [5, 5.41) is 9.21. The molecule has 0 aliphatic carbocycles. The molecule has 1 aliphatic rings. The van der Waals surface area contributed by atoms with Gasteiger partial charge in [0.2, 0.25) is 0 Å². The number of carbonyl (C=O) groups excluding carboxylic acids is 1. The molecule has 3 heteroatoms. The van der Waals surface area contributed by atoms with Crippen LogP contribution < -0.4 is 0 Å². The van der Waals surface area contributed by atoms with Crippen molar-refractivity contribution in [3.8, 4) is 0 Å². The lowest BCUT2D eigenvalue weighted by atomic mass is 9.91. The summed E-state index contributed by atoms with van der Waals surface area (Å²) >= 11 is 0. The van der Waals surface area contributed by atoms with Crippen molar-refractivity contribution in [2.75, 3.05) is 0 Å². The van der Waals surface area contributed by atoms with Crippen LogP contribution in [0.4, 0.5) is 0 Å². The van der Waals surface area contributed by atoms with Gasteiger partial charge in [0.25, 0.3) is 0 Å². The summed E-state index contributed by atoms with van der Waals surface area (Å²) in [7, 11) is 0. The fraction of sp³-hybridized carbons (Fsp3) is 0.250. The number of ether oxygens (including phenoxy) is 1. The summed E-state index contributed by atoms with van der Waals surface area (Å²) in [5.74, 6) is -0.220. The number of carbonyl (C=O) groups is 1. The summed E-state index contributed by atoms with van der Waals surface area (Å²) in [6.45, 7) is 2.07. The van der Waals surface area contributed by atoms with Crippen LogP contribution in [-0.2, 0) is 16.1 Å². The van der Waals surface area contributed by atoms with Gasteiger partial charge in [0.15, 0.2) is 6.10 Å². The van der Waals surface area contributed by atoms with Gasteiger partial charge >= 0.3 is 5.97 Å². The van der Waals surface area contributed by atoms with E-state index in [1.54, 1.807) is 0 Å². The van der Waals surface area contributed by atoms with Gasteiger partial charge in [0.05, 0.1) is 6.61 Å². The van der Waals surface area contributed by atoms with E-state index in [0.717, 1.165) is 34.3 Å². The Kier molecular flexibility index (Phi) is 4.58. The molecule has 118 valence electrons. The highest BCUT2D eigenvalue weighted by atomic mass is 16.5. The first-order valence-corrected chi connectivity index (χ1v) is 7.93. The molecule has 0 aromatic heterocycles. The van der Waals surface area contributed by atoms with E-state index < -0.39 is 0 Å². The molecule has 0 fully saturated rings. The summed E-state index contributed by atoms with van der Waals surface area (Å²) < 4.78 is 5.67. The van der Waals surface area contributed by atoms with E-state index >= 15 is 0 Å². The molecule has 3 nitrogen and oxygen atoms in total. The number of aliphatic hydroxyl groups is 1. The van der Waals surface area contributed by atoms with Crippen LogP contribution in [0, 0.1) is 0 Å². The monoisotopic (exact) mass is 308 g/mol. The molecule has 2 aromatic carbocycles. The minimum absolute atomic E-state index is 0.0126. The SMILES string of the molecule is CCCC1=C(c2ccc(CO)cc2)C(c2ccccc2)OC1=O. The average molecular weight is 308 g/mol. The number of rotatable bonds is 5. The minimum atomic E-state index is -0.356. The number of cyclic esters (lactones) is 1. The Hall–Kier alpha value is -2.39. The third-order valence-corrected chi connectivity index (χ3v) is 4.11. The van der Waals surface area contributed by atoms with Gasteiger partial charge in [-0.05, 0) is 23.1 Å². The Bertz CT molecular complexity index is 714. The second-order valence-corrected chi connectivity index (χ2v) is 5.69. The normalized spacial score (nSPS) is 17.5. The quantitative estimate of drug-likeness (QED) is 0.848.